The van der Waals surface area contributed by atoms with Gasteiger partial charge in [0.05, 0.1) is 29.0 Å². The molecular weight excluding hydrogens is 336 g/mol. The van der Waals surface area contributed by atoms with Crippen molar-refractivity contribution in [1.82, 2.24) is 14.7 Å². The van der Waals surface area contributed by atoms with Gasteiger partial charge in [-0.15, -0.1) is 0 Å². The quantitative estimate of drug-likeness (QED) is 0.725. The van der Waals surface area contributed by atoms with Crippen LogP contribution in [0.1, 0.15) is 0 Å². The summed E-state index contributed by atoms with van der Waals surface area (Å²) >= 11 is 6.29. The molecule has 0 radical (unpaired) electrons. The van der Waals surface area contributed by atoms with Crippen molar-refractivity contribution in [3.8, 4) is 0 Å². The second-order valence-electron chi connectivity index (χ2n) is 6.23. The summed E-state index contributed by atoms with van der Waals surface area (Å²) in [6.07, 6.45) is 1.76. The van der Waals surface area contributed by atoms with Crippen LogP contribution < -0.4 is 10.5 Å². The standard InChI is InChI=1S/C19H19ClN4O/c20-17-7-3-4-8-18(17)23-11-9-22(10-12-23)14-24-19(25)16-6-2-1-5-15(16)13-21-24/h1-8,13H,9-12,14H2. The molecule has 2 heterocycles. The third kappa shape index (κ3) is 3.25. The number of hydrogen-bond acceptors (Lipinski definition) is 4. The van der Waals surface area contributed by atoms with Crippen LogP contribution in [0.4, 0.5) is 5.69 Å². The van der Waals surface area contributed by atoms with E-state index < -0.39 is 0 Å². The summed E-state index contributed by atoms with van der Waals surface area (Å²) in [6, 6.07) is 15.5. The highest BCUT2D eigenvalue weighted by molar-refractivity contribution is 6.33. The molecule has 5 nitrogen and oxygen atoms in total. The van der Waals surface area contributed by atoms with Gasteiger partial charge in [-0.25, -0.2) is 4.68 Å². The molecule has 1 saturated heterocycles. The van der Waals surface area contributed by atoms with E-state index >= 15 is 0 Å². The van der Waals surface area contributed by atoms with Crippen LogP contribution in [-0.4, -0.2) is 40.9 Å². The van der Waals surface area contributed by atoms with Gasteiger partial charge in [-0.3, -0.25) is 9.69 Å². The first-order valence-corrected chi connectivity index (χ1v) is 8.77. The summed E-state index contributed by atoms with van der Waals surface area (Å²) in [5.74, 6) is 0. The van der Waals surface area contributed by atoms with Crippen LogP contribution in [0.15, 0.2) is 59.5 Å². The Morgan fingerprint density at radius 1 is 0.960 bits per heavy atom. The lowest BCUT2D eigenvalue weighted by Gasteiger charge is -2.36. The van der Waals surface area contributed by atoms with Gasteiger partial charge in [-0.2, -0.15) is 5.10 Å². The summed E-state index contributed by atoms with van der Waals surface area (Å²) in [6.45, 7) is 4.01. The molecule has 0 atom stereocenters. The zero-order valence-corrected chi connectivity index (χ0v) is 14.6. The molecule has 128 valence electrons. The van der Waals surface area contributed by atoms with Gasteiger partial charge in [0.25, 0.3) is 5.56 Å². The predicted octanol–water partition coefficient (Wildman–Crippen LogP) is 2.83. The van der Waals surface area contributed by atoms with Gasteiger partial charge >= 0.3 is 0 Å². The number of piperazine rings is 1. The lowest BCUT2D eigenvalue weighted by atomic mass is 10.2. The van der Waals surface area contributed by atoms with Crippen LogP contribution in [0, 0.1) is 0 Å². The fraction of sp³-hybridized carbons (Fsp3) is 0.263. The number of aromatic nitrogens is 2. The predicted molar refractivity (Wildman–Crippen MR) is 101 cm³/mol. The molecule has 25 heavy (non-hydrogen) atoms. The normalized spacial score (nSPS) is 15.6. The highest BCUT2D eigenvalue weighted by atomic mass is 35.5. The van der Waals surface area contributed by atoms with Crippen LogP contribution >= 0.6 is 11.6 Å². The van der Waals surface area contributed by atoms with Crippen LogP contribution in [0.25, 0.3) is 10.8 Å². The summed E-state index contributed by atoms with van der Waals surface area (Å²) < 4.78 is 1.55. The van der Waals surface area contributed by atoms with Gasteiger partial charge in [0.15, 0.2) is 0 Å². The lowest BCUT2D eigenvalue weighted by Crippen LogP contribution is -2.48. The average Bonchev–Trinajstić information content (AvgIpc) is 2.65. The molecular formula is C19H19ClN4O. The van der Waals surface area contributed by atoms with Gasteiger partial charge in [0, 0.05) is 31.6 Å². The Labute approximate surface area is 151 Å². The van der Waals surface area contributed by atoms with Crippen molar-refractivity contribution in [2.24, 2.45) is 0 Å². The summed E-state index contributed by atoms with van der Waals surface area (Å²) in [4.78, 5) is 17.1. The number of anilines is 1. The zero-order chi connectivity index (χ0) is 17.2. The minimum absolute atomic E-state index is 0.0355. The van der Waals surface area contributed by atoms with Crippen LogP contribution in [0.3, 0.4) is 0 Å². The van der Waals surface area contributed by atoms with E-state index in [2.05, 4.69) is 14.9 Å². The second kappa shape index (κ2) is 6.86. The Kier molecular flexibility index (Phi) is 4.42. The largest absolute Gasteiger partial charge is 0.368 e. The molecule has 2 aromatic carbocycles. The number of benzene rings is 2. The Hall–Kier alpha value is -2.37. The minimum Gasteiger partial charge on any atom is -0.368 e. The van der Waals surface area contributed by atoms with Crippen LogP contribution in [0.2, 0.25) is 5.02 Å². The smallest absolute Gasteiger partial charge is 0.275 e. The third-order valence-electron chi connectivity index (χ3n) is 4.66. The van der Waals surface area contributed by atoms with E-state index in [0.29, 0.717) is 12.1 Å². The molecule has 4 rings (SSSR count). The second-order valence-corrected chi connectivity index (χ2v) is 6.64. The van der Waals surface area contributed by atoms with Gasteiger partial charge < -0.3 is 4.90 Å². The minimum atomic E-state index is -0.0355. The van der Waals surface area contributed by atoms with Crippen molar-refractivity contribution < 1.29 is 0 Å². The molecule has 3 aromatic rings. The first-order valence-electron chi connectivity index (χ1n) is 8.39. The summed E-state index contributed by atoms with van der Waals surface area (Å²) in [5, 5.41) is 6.70. The average molecular weight is 355 g/mol. The maximum atomic E-state index is 12.6. The molecule has 1 aromatic heterocycles. The van der Waals surface area contributed by atoms with E-state index in [9.17, 15) is 4.79 Å². The van der Waals surface area contributed by atoms with Crippen molar-refractivity contribution in [3.63, 3.8) is 0 Å². The van der Waals surface area contributed by atoms with E-state index in [-0.39, 0.29) is 5.56 Å². The highest BCUT2D eigenvalue weighted by Crippen LogP contribution is 2.26. The number of fused-ring (bicyclic) bond motifs is 1. The molecule has 0 spiro atoms. The Balaban J connectivity index is 1.46. The first-order chi connectivity index (χ1) is 12.2. The molecule has 0 bridgehead atoms. The summed E-state index contributed by atoms with van der Waals surface area (Å²) in [7, 11) is 0. The van der Waals surface area contributed by atoms with Gasteiger partial charge in [0.2, 0.25) is 0 Å². The van der Waals surface area contributed by atoms with Crippen LogP contribution in [-0.2, 0) is 6.67 Å². The molecule has 6 heteroatoms. The Morgan fingerprint density at radius 3 is 2.48 bits per heavy atom. The number of nitrogens with zero attached hydrogens (tertiary/aromatic N) is 4. The number of para-hydroxylation sites is 1. The Morgan fingerprint density at radius 2 is 1.68 bits per heavy atom. The third-order valence-corrected chi connectivity index (χ3v) is 4.98. The Bertz CT molecular complexity index is 947. The fourth-order valence-electron chi connectivity index (χ4n) is 3.26. The zero-order valence-electron chi connectivity index (χ0n) is 13.8. The van der Waals surface area contributed by atoms with Gasteiger partial charge in [-0.1, -0.05) is 41.9 Å². The molecule has 0 aliphatic carbocycles. The highest BCUT2D eigenvalue weighted by Gasteiger charge is 2.19. The van der Waals surface area contributed by atoms with Gasteiger partial charge in [0.1, 0.15) is 0 Å². The number of halogens is 1. The van der Waals surface area contributed by atoms with Crippen molar-refractivity contribution in [2.45, 2.75) is 6.67 Å². The van der Waals surface area contributed by atoms with E-state index in [4.69, 9.17) is 11.6 Å². The topological polar surface area (TPSA) is 41.4 Å². The number of rotatable bonds is 3. The van der Waals surface area contributed by atoms with E-state index in [1.807, 2.05) is 48.5 Å². The van der Waals surface area contributed by atoms with Crippen molar-refractivity contribution in [1.29, 1.82) is 0 Å². The maximum absolute atomic E-state index is 12.6. The van der Waals surface area contributed by atoms with E-state index in [0.717, 1.165) is 42.3 Å². The van der Waals surface area contributed by atoms with Gasteiger partial charge in [-0.05, 0) is 18.2 Å². The molecule has 0 saturated carbocycles. The molecule has 1 aliphatic heterocycles. The SMILES string of the molecule is O=c1c2ccccc2cnn1CN1CCN(c2ccccc2Cl)CC1. The molecule has 1 fully saturated rings. The van der Waals surface area contributed by atoms with Crippen LogP contribution in [0.5, 0.6) is 0 Å². The molecule has 0 N–H and O–H groups in total. The summed E-state index contributed by atoms with van der Waals surface area (Å²) in [5.41, 5.74) is 1.04. The fourth-order valence-corrected chi connectivity index (χ4v) is 3.51. The van der Waals surface area contributed by atoms with Crippen molar-refractivity contribution in [2.75, 3.05) is 31.1 Å². The van der Waals surface area contributed by atoms with E-state index in [1.165, 1.54) is 0 Å². The molecule has 1 aliphatic rings. The van der Waals surface area contributed by atoms with E-state index in [1.54, 1.807) is 10.9 Å². The molecule has 0 amide bonds. The maximum Gasteiger partial charge on any atom is 0.275 e. The first kappa shape index (κ1) is 16.1. The lowest BCUT2D eigenvalue weighted by molar-refractivity contribution is 0.192. The van der Waals surface area contributed by atoms with Crippen molar-refractivity contribution >= 4 is 28.1 Å². The monoisotopic (exact) mass is 354 g/mol. The molecule has 0 unspecified atom stereocenters. The number of hydrogen-bond donors (Lipinski definition) is 0. The van der Waals surface area contributed by atoms with Crippen molar-refractivity contribution in [3.05, 3.63) is 70.1 Å².